The number of aliphatic hydroxyl groups is 1. The van der Waals surface area contributed by atoms with Crippen LogP contribution in [0.4, 0.5) is 10.5 Å². The van der Waals surface area contributed by atoms with Gasteiger partial charge in [0.15, 0.2) is 5.72 Å². The Morgan fingerprint density at radius 3 is 2.59 bits per heavy atom. The average molecular weight is 812 g/mol. The number of halogens is 1. The van der Waals surface area contributed by atoms with Crippen molar-refractivity contribution >= 4 is 62.8 Å². The Morgan fingerprint density at radius 1 is 1.24 bits per heavy atom. The third-order valence-corrected chi connectivity index (χ3v) is 13.2. The molecule has 3 amide bonds. The summed E-state index contributed by atoms with van der Waals surface area (Å²) in [4.78, 5) is 56.7. The third-order valence-electron chi connectivity index (χ3n) is 10.5. The number of esters is 1. The topological polar surface area (TPSA) is 156 Å². The Hall–Kier alpha value is -2.95. The summed E-state index contributed by atoms with van der Waals surface area (Å²) in [5.41, 5.74) is -0.890. The van der Waals surface area contributed by atoms with Gasteiger partial charge < -0.3 is 38.6 Å². The first-order valence-electron chi connectivity index (χ1n) is 17.9. The van der Waals surface area contributed by atoms with E-state index in [0.29, 0.717) is 24.3 Å². The molecule has 2 N–H and O–H groups in total. The zero-order valence-electron chi connectivity index (χ0n) is 32.7. The van der Waals surface area contributed by atoms with E-state index in [2.05, 4.69) is 5.32 Å². The van der Waals surface area contributed by atoms with Crippen LogP contribution in [0.25, 0.3) is 0 Å². The molecule has 9 atom stereocenters. The number of carbonyl (C=O) groups is 4. The van der Waals surface area contributed by atoms with Crippen molar-refractivity contribution in [3.63, 3.8) is 0 Å². The van der Waals surface area contributed by atoms with Gasteiger partial charge in [0.1, 0.15) is 40.7 Å². The van der Waals surface area contributed by atoms with Crippen LogP contribution in [0.3, 0.4) is 0 Å². The van der Waals surface area contributed by atoms with Gasteiger partial charge in [-0.15, -0.1) is 0 Å². The molecule has 0 aliphatic carbocycles. The second kappa shape index (κ2) is 18.3. The largest absolute Gasteiger partial charge is 0.495 e. The van der Waals surface area contributed by atoms with E-state index >= 15 is 0 Å². The van der Waals surface area contributed by atoms with E-state index in [1.54, 1.807) is 73.8 Å². The smallest absolute Gasteiger partial charge is 0.409 e. The van der Waals surface area contributed by atoms with E-state index in [1.807, 2.05) is 33.1 Å². The zero-order valence-corrected chi connectivity index (χ0v) is 35.1. The summed E-state index contributed by atoms with van der Waals surface area (Å²) in [5.74, 6) is -1.48. The van der Waals surface area contributed by atoms with Crippen molar-refractivity contribution in [2.45, 2.75) is 114 Å². The lowest BCUT2D eigenvalue weighted by Gasteiger charge is -2.42. The minimum atomic E-state index is -1.82. The van der Waals surface area contributed by atoms with E-state index < -0.39 is 65.7 Å². The van der Waals surface area contributed by atoms with Crippen molar-refractivity contribution in [3.05, 3.63) is 46.5 Å². The molecule has 0 radical (unpaired) electrons. The number of methoxy groups -OCH3 is 2. The van der Waals surface area contributed by atoms with Gasteiger partial charge in [-0.3, -0.25) is 14.9 Å². The van der Waals surface area contributed by atoms with Gasteiger partial charge in [0.05, 0.1) is 25.3 Å². The predicted octanol–water partition coefficient (Wildman–Crippen LogP) is 5.69. The number of rotatable bonds is 10. The quantitative estimate of drug-likeness (QED) is 0.169. The van der Waals surface area contributed by atoms with Crippen LogP contribution in [-0.2, 0) is 39.8 Å². The second-order valence-corrected chi connectivity index (χ2v) is 17.8. The fourth-order valence-electron chi connectivity index (χ4n) is 6.93. The van der Waals surface area contributed by atoms with Gasteiger partial charge in [-0.05, 0) is 57.6 Å². The Kier molecular flexibility index (Phi) is 14.9. The van der Waals surface area contributed by atoms with Gasteiger partial charge in [-0.25, -0.2) is 9.59 Å². The number of allylic oxidation sites excluding steroid dienone is 3. The summed E-state index contributed by atoms with van der Waals surface area (Å²) in [6, 6.07) is 2.63. The van der Waals surface area contributed by atoms with E-state index in [-0.39, 0.29) is 35.4 Å². The molecule has 13 nitrogen and oxygen atoms in total. The highest BCUT2D eigenvalue weighted by molar-refractivity contribution is 8.76. The Morgan fingerprint density at radius 2 is 1.94 bits per heavy atom. The maximum Gasteiger partial charge on any atom is 0.409 e. The summed E-state index contributed by atoms with van der Waals surface area (Å²) < 4.78 is 29.3. The van der Waals surface area contributed by atoms with Crippen LogP contribution in [0.1, 0.15) is 65.9 Å². The van der Waals surface area contributed by atoms with Crippen molar-refractivity contribution in [1.82, 2.24) is 10.2 Å². The molecule has 3 aliphatic rings. The van der Waals surface area contributed by atoms with E-state index in [1.165, 1.54) is 24.0 Å². The lowest BCUT2D eigenvalue weighted by Crippen LogP contribution is -2.63. The number of epoxide rings is 1. The molecule has 2 fully saturated rings. The number of ether oxygens (including phenoxy) is 5. The van der Waals surface area contributed by atoms with Gasteiger partial charge >= 0.3 is 12.1 Å². The SMILES string of the molecule is COc1cc2cc(c1Cl)N(C)C(=O)C[C@H](OC(=O)[C@H](C)N(C)C(=O)CC[C@H](C)SSC)[C@]1(C)O[C@H]1[C@H](C)[C@@H]1C[C@@](O)(NC(=O)O1)[C@H](OC)/C=C/C=C(/C)C2. The summed E-state index contributed by atoms with van der Waals surface area (Å²) in [6.45, 7) is 9.09. The Bertz CT molecular complexity index is 1630. The molecule has 4 bridgehead atoms. The number of nitrogens with zero attached hydrogens (tertiary/aromatic N) is 2. The van der Waals surface area contributed by atoms with Gasteiger partial charge in [-0.2, -0.15) is 0 Å². The van der Waals surface area contributed by atoms with Gasteiger partial charge in [0, 0.05) is 45.2 Å². The highest BCUT2D eigenvalue weighted by atomic mass is 35.5. The molecular weight excluding hydrogens is 758 g/mol. The Labute approximate surface area is 331 Å². The number of fused-ring (bicyclic) bond motifs is 5. The molecule has 54 heavy (non-hydrogen) atoms. The van der Waals surface area contributed by atoms with Crippen LogP contribution in [-0.4, -0.2) is 115 Å². The van der Waals surface area contributed by atoms with Crippen molar-refractivity contribution in [3.8, 4) is 5.75 Å². The van der Waals surface area contributed by atoms with Crippen molar-refractivity contribution < 1.29 is 48.0 Å². The first kappa shape index (κ1) is 43.8. The summed E-state index contributed by atoms with van der Waals surface area (Å²) >= 11 is 6.77. The highest BCUT2D eigenvalue weighted by Gasteiger charge is 2.64. The predicted molar refractivity (Wildman–Crippen MR) is 211 cm³/mol. The molecule has 0 unspecified atom stereocenters. The molecule has 3 aliphatic heterocycles. The number of hydrogen-bond acceptors (Lipinski definition) is 12. The molecule has 0 spiro atoms. The number of nitrogens with one attached hydrogen (secondary N) is 1. The van der Waals surface area contributed by atoms with Gasteiger partial charge in [0.25, 0.3) is 0 Å². The molecule has 4 rings (SSSR count). The van der Waals surface area contributed by atoms with E-state index in [9.17, 15) is 24.3 Å². The number of hydrogen-bond donors (Lipinski definition) is 2. The summed E-state index contributed by atoms with van der Waals surface area (Å²) in [6.07, 6.45) is 3.89. The van der Waals surface area contributed by atoms with Crippen molar-refractivity contribution in [1.29, 1.82) is 0 Å². The van der Waals surface area contributed by atoms with Crippen LogP contribution < -0.4 is 15.0 Å². The fraction of sp³-hybridized carbons (Fsp3) is 0.632. The van der Waals surface area contributed by atoms with Crippen molar-refractivity contribution in [2.75, 3.05) is 39.5 Å². The zero-order chi connectivity index (χ0) is 40.1. The lowest BCUT2D eigenvalue weighted by molar-refractivity contribution is -0.162. The molecule has 1 aromatic rings. The number of benzene rings is 1. The number of amides is 3. The lowest BCUT2D eigenvalue weighted by atomic mass is 9.83. The normalized spacial score (nSPS) is 31.4. The number of anilines is 1. The first-order chi connectivity index (χ1) is 25.4. The Balaban J connectivity index is 1.72. The maximum absolute atomic E-state index is 14.2. The van der Waals surface area contributed by atoms with Crippen LogP contribution in [0, 0.1) is 5.92 Å². The first-order valence-corrected chi connectivity index (χ1v) is 20.9. The van der Waals surface area contributed by atoms with Crippen LogP contribution in [0.5, 0.6) is 5.75 Å². The molecule has 0 aromatic heterocycles. The van der Waals surface area contributed by atoms with Gasteiger partial charge in [0.2, 0.25) is 11.8 Å². The molecule has 3 heterocycles. The standard InChI is InChI=1S/C38H54ClN3O10S2/c1-21-12-11-13-29(49-9)38(47)20-28(50-36(46)40-38)23(3)34-37(5,52-34)30(51-35(45)24(4)41(6)31(43)15-14-22(2)54-53-10)19-32(44)42(7)26-17-25(16-21)18-27(48-8)33(26)39/h11-13,17-18,22-24,28-30,34,47H,14-16,19-20H2,1-10H3,(H,40,46)/b13-11+,21-12-/t22-,23+,24-,28-,29+,30-,34-,37-,38-/m0/s1. The molecule has 0 saturated carbocycles. The number of likely N-dealkylation sites (N-methyl/N-ethyl adjacent to an activating group) is 1. The molecule has 1 aromatic carbocycles. The summed E-state index contributed by atoms with van der Waals surface area (Å²) in [5, 5.41) is 14.8. The van der Waals surface area contributed by atoms with Gasteiger partial charge in [-0.1, -0.05) is 70.8 Å². The van der Waals surface area contributed by atoms with Crippen LogP contribution >= 0.6 is 33.2 Å². The van der Waals surface area contributed by atoms with E-state index in [0.717, 1.165) is 11.1 Å². The molecule has 16 heteroatoms. The minimum absolute atomic E-state index is 0.0460. The summed E-state index contributed by atoms with van der Waals surface area (Å²) in [7, 11) is 9.38. The van der Waals surface area contributed by atoms with Crippen LogP contribution in [0.15, 0.2) is 35.9 Å². The van der Waals surface area contributed by atoms with E-state index in [4.69, 9.17) is 35.3 Å². The maximum atomic E-state index is 14.2. The fourth-order valence-corrected chi connectivity index (χ4v) is 9.06. The van der Waals surface area contributed by atoms with Crippen LogP contribution in [0.2, 0.25) is 5.02 Å². The average Bonchev–Trinajstić information content (AvgIpc) is 3.82. The monoisotopic (exact) mass is 811 g/mol. The number of carbonyl (C=O) groups excluding carboxylic acids is 4. The van der Waals surface area contributed by atoms with Crippen molar-refractivity contribution in [2.24, 2.45) is 5.92 Å². The minimum Gasteiger partial charge on any atom is -0.495 e. The molecule has 300 valence electrons. The second-order valence-electron chi connectivity index (χ2n) is 14.5. The highest BCUT2D eigenvalue weighted by Crippen LogP contribution is 2.49. The molecule has 2 saturated heterocycles. The third kappa shape index (κ3) is 10.1. The molecular formula is C38H54ClN3O10S2. The number of alkyl carbamates (subject to hydrolysis) is 1.